The second kappa shape index (κ2) is 20.0. The molecule has 1 aliphatic heterocycles. The van der Waals surface area contributed by atoms with Crippen LogP contribution in [0.25, 0.3) is 0 Å². The zero-order chi connectivity index (χ0) is 34.2. The number of esters is 1. The fourth-order valence-corrected chi connectivity index (χ4v) is 5.73. The van der Waals surface area contributed by atoms with Crippen LogP contribution in [0, 0.1) is 11.8 Å². The maximum Gasteiger partial charge on any atom is 0.416 e. The third-order valence-corrected chi connectivity index (χ3v) is 8.34. The molecular weight excluding hydrogens is 627 g/mol. The molecule has 1 aromatic carbocycles. The molecule has 2 aliphatic rings. The molecule has 15 heteroatoms. The van der Waals surface area contributed by atoms with Crippen LogP contribution in [0.4, 0.5) is 13.2 Å². The van der Waals surface area contributed by atoms with Crippen molar-refractivity contribution in [2.24, 2.45) is 11.8 Å². The van der Waals surface area contributed by atoms with Gasteiger partial charge in [-0.15, -0.1) is 0 Å². The van der Waals surface area contributed by atoms with Gasteiger partial charge in [0.1, 0.15) is 25.1 Å². The highest BCUT2D eigenvalue weighted by atomic mass is 19.4. The molecule has 1 heterocycles. The Morgan fingerprint density at radius 1 is 1.02 bits per heavy atom. The third kappa shape index (κ3) is 14.6. The van der Waals surface area contributed by atoms with Gasteiger partial charge in [0.2, 0.25) is 0 Å². The number of allylic oxidation sites excluding steroid dienone is 2. The standard InChI is InChI=1S/C32H48F3N3O9/c33-32(34,35)24-7-5-8-26(21-24)46-23-25(39)11-12-28-27(29(40)22-30(28)41)9-3-1-2-4-10-31(42)45-20-18-37-16-14-36(15-17-37)13-6-19-47-38(43)44/h1,3,5,7-8,11-12,21,25,27-30,39-41,43-44H,2,4,6,9-10,13-20,22-23H2/b3-1-,12-11+/t25-,27-,28-,29+,30-/m1/s1. The lowest BCUT2D eigenvalue weighted by molar-refractivity contribution is -0.492. The van der Waals surface area contributed by atoms with Crippen molar-refractivity contribution in [2.45, 2.75) is 63.0 Å². The van der Waals surface area contributed by atoms with Gasteiger partial charge < -0.3 is 29.7 Å². The van der Waals surface area contributed by atoms with E-state index < -0.39 is 36.0 Å². The van der Waals surface area contributed by atoms with Crippen LogP contribution in [0.3, 0.4) is 0 Å². The molecule has 1 aromatic rings. The minimum atomic E-state index is -4.50. The summed E-state index contributed by atoms with van der Waals surface area (Å²) in [6, 6.07) is 4.39. The molecule has 1 saturated heterocycles. The number of carbonyl (C=O) groups excluding carboxylic acids is 1. The second-order valence-electron chi connectivity index (χ2n) is 11.8. The number of hydrogen-bond acceptors (Lipinski definition) is 12. The number of piperazine rings is 1. The van der Waals surface area contributed by atoms with Crippen LogP contribution in [0.15, 0.2) is 48.6 Å². The summed E-state index contributed by atoms with van der Waals surface area (Å²) in [5.41, 5.74) is -0.848. The topological polar surface area (TPSA) is 156 Å². The number of unbranched alkanes of at least 4 members (excludes halogenated alkanes) is 1. The summed E-state index contributed by atoms with van der Waals surface area (Å²) in [7, 11) is 0. The van der Waals surface area contributed by atoms with Gasteiger partial charge in [0.05, 0.1) is 29.8 Å². The molecule has 0 radical (unpaired) electrons. The Hall–Kier alpha value is -2.60. The molecule has 1 saturated carbocycles. The largest absolute Gasteiger partial charge is 0.491 e. The average molecular weight is 676 g/mol. The maximum atomic E-state index is 12.9. The Bertz CT molecular complexity index is 1120. The van der Waals surface area contributed by atoms with Crippen LogP contribution in [0.1, 0.15) is 44.1 Å². The minimum absolute atomic E-state index is 0.0215. The molecule has 0 unspecified atom stereocenters. The number of hydrogen-bond donors (Lipinski definition) is 5. The molecule has 0 spiro atoms. The Balaban J connectivity index is 1.28. The van der Waals surface area contributed by atoms with Gasteiger partial charge in [-0.2, -0.15) is 13.2 Å². The molecule has 2 fully saturated rings. The molecule has 47 heavy (non-hydrogen) atoms. The molecule has 5 N–H and O–H groups in total. The van der Waals surface area contributed by atoms with Crippen molar-refractivity contribution in [2.75, 3.05) is 59.1 Å². The van der Waals surface area contributed by atoms with Crippen molar-refractivity contribution in [1.29, 1.82) is 0 Å². The first-order valence-corrected chi connectivity index (χ1v) is 16.0. The van der Waals surface area contributed by atoms with E-state index in [0.717, 1.165) is 44.9 Å². The SMILES string of the molecule is O=C(CCC/C=C\C[C@@H]1[C@@H](/C=C/[C@@H](O)COc2cccc(C(F)(F)F)c2)[C@H](O)C[C@@H]1O)OCCN1CCN(CCCON(O)O)CC1. The first-order chi connectivity index (χ1) is 22.4. The number of rotatable bonds is 19. The number of nitrogens with zero attached hydrogens (tertiary/aromatic N) is 3. The molecule has 12 nitrogen and oxygen atoms in total. The molecule has 1 aliphatic carbocycles. The molecule has 0 bridgehead atoms. The zero-order valence-electron chi connectivity index (χ0n) is 26.5. The van der Waals surface area contributed by atoms with Crippen molar-refractivity contribution in [3.8, 4) is 5.75 Å². The predicted octanol–water partition coefficient (Wildman–Crippen LogP) is 3.04. The number of aliphatic hydroxyl groups is 3. The monoisotopic (exact) mass is 675 g/mol. The number of halogens is 3. The Labute approximate surface area is 273 Å². The average Bonchev–Trinajstić information content (AvgIpc) is 3.30. The van der Waals surface area contributed by atoms with Crippen LogP contribution in [-0.2, 0) is 20.5 Å². The summed E-state index contributed by atoms with van der Waals surface area (Å²) in [5.74, 6) is -0.982. The number of ether oxygens (including phenoxy) is 2. The van der Waals surface area contributed by atoms with Crippen LogP contribution in [-0.4, -0.2) is 124 Å². The van der Waals surface area contributed by atoms with Crippen molar-refractivity contribution in [1.82, 2.24) is 15.2 Å². The van der Waals surface area contributed by atoms with E-state index in [0.29, 0.717) is 38.8 Å². The summed E-state index contributed by atoms with van der Waals surface area (Å²) >= 11 is 0. The van der Waals surface area contributed by atoms with Gasteiger partial charge in [-0.1, -0.05) is 30.4 Å². The minimum Gasteiger partial charge on any atom is -0.491 e. The summed E-state index contributed by atoms with van der Waals surface area (Å²) in [5, 5.41) is 48.0. The van der Waals surface area contributed by atoms with Crippen molar-refractivity contribution in [3.05, 3.63) is 54.1 Å². The zero-order valence-corrected chi connectivity index (χ0v) is 26.5. The molecule has 5 atom stereocenters. The summed E-state index contributed by atoms with van der Waals surface area (Å²) in [4.78, 5) is 21.2. The first-order valence-electron chi connectivity index (χ1n) is 16.0. The van der Waals surface area contributed by atoms with E-state index in [2.05, 4.69) is 14.6 Å². The highest BCUT2D eigenvalue weighted by Crippen LogP contribution is 2.36. The highest BCUT2D eigenvalue weighted by molar-refractivity contribution is 5.69. The number of aliphatic hydroxyl groups excluding tert-OH is 3. The molecule has 0 aromatic heterocycles. The first kappa shape index (κ1) is 38.8. The summed E-state index contributed by atoms with van der Waals surface area (Å²) < 4.78 is 49.4. The van der Waals surface area contributed by atoms with Gasteiger partial charge in [0.25, 0.3) is 0 Å². The lowest BCUT2D eigenvalue weighted by Gasteiger charge is -2.34. The lowest BCUT2D eigenvalue weighted by Crippen LogP contribution is -2.47. The van der Waals surface area contributed by atoms with Gasteiger partial charge in [0.15, 0.2) is 0 Å². The van der Waals surface area contributed by atoms with Crippen molar-refractivity contribution in [3.63, 3.8) is 0 Å². The molecular formula is C32H48F3N3O9. The number of benzene rings is 1. The van der Waals surface area contributed by atoms with E-state index >= 15 is 0 Å². The quantitative estimate of drug-likeness (QED) is 0.0634. The second-order valence-corrected chi connectivity index (χ2v) is 11.8. The van der Waals surface area contributed by atoms with Crippen molar-refractivity contribution >= 4 is 5.97 Å². The Morgan fingerprint density at radius 2 is 1.74 bits per heavy atom. The van der Waals surface area contributed by atoms with Crippen molar-refractivity contribution < 1.29 is 58.0 Å². The molecule has 266 valence electrons. The van der Waals surface area contributed by atoms with Crippen LogP contribution >= 0.6 is 0 Å². The maximum absolute atomic E-state index is 12.9. The summed E-state index contributed by atoms with van der Waals surface area (Å²) in [6.45, 7) is 5.19. The van der Waals surface area contributed by atoms with Gasteiger partial charge >= 0.3 is 12.1 Å². The normalized spacial score (nSPS) is 23.7. The van der Waals surface area contributed by atoms with Gasteiger partial charge in [-0.25, -0.2) is 0 Å². The summed E-state index contributed by atoms with van der Waals surface area (Å²) in [6.07, 6.45) is 2.61. The highest BCUT2D eigenvalue weighted by Gasteiger charge is 2.39. The third-order valence-electron chi connectivity index (χ3n) is 8.34. The predicted molar refractivity (Wildman–Crippen MR) is 163 cm³/mol. The Kier molecular flexibility index (Phi) is 16.6. The lowest BCUT2D eigenvalue weighted by atomic mass is 9.89. The van der Waals surface area contributed by atoms with Crippen LogP contribution in [0.2, 0.25) is 0 Å². The molecule has 0 amide bonds. The fourth-order valence-electron chi connectivity index (χ4n) is 5.73. The Morgan fingerprint density at radius 3 is 2.45 bits per heavy atom. The van der Waals surface area contributed by atoms with Gasteiger partial charge in [-0.05, 0) is 49.8 Å². The van der Waals surface area contributed by atoms with Crippen LogP contribution < -0.4 is 4.74 Å². The molecule has 3 rings (SSSR count). The van der Waals surface area contributed by atoms with Gasteiger partial charge in [0, 0.05) is 58.0 Å². The van der Waals surface area contributed by atoms with Gasteiger partial charge in [-0.3, -0.25) is 24.9 Å². The van der Waals surface area contributed by atoms with E-state index in [1.165, 1.54) is 18.2 Å². The number of alkyl halides is 3. The van der Waals surface area contributed by atoms with E-state index in [1.807, 2.05) is 12.2 Å². The van der Waals surface area contributed by atoms with Crippen LogP contribution in [0.5, 0.6) is 5.75 Å². The van der Waals surface area contributed by atoms with E-state index in [9.17, 15) is 33.3 Å². The van der Waals surface area contributed by atoms with E-state index in [4.69, 9.17) is 19.9 Å². The van der Waals surface area contributed by atoms with E-state index in [-0.39, 0.29) is 49.1 Å². The fraction of sp³-hybridized carbons (Fsp3) is 0.656. The number of carbonyl (C=O) groups is 1. The van der Waals surface area contributed by atoms with E-state index in [1.54, 1.807) is 6.08 Å². The smallest absolute Gasteiger partial charge is 0.416 e.